The third kappa shape index (κ3) is 2.39. The molecule has 1 aliphatic rings. The highest BCUT2D eigenvalue weighted by Crippen LogP contribution is 2.38. The molecule has 1 aromatic rings. The van der Waals surface area contributed by atoms with Crippen LogP contribution >= 0.6 is 0 Å². The van der Waals surface area contributed by atoms with Crippen LogP contribution in [0.15, 0.2) is 24.3 Å². The molecule has 3 heteroatoms. The van der Waals surface area contributed by atoms with Crippen LogP contribution in [-0.4, -0.2) is 31.3 Å². The van der Waals surface area contributed by atoms with Gasteiger partial charge in [0.2, 0.25) is 0 Å². The Morgan fingerprint density at radius 1 is 1.41 bits per heavy atom. The molecule has 2 nitrogen and oxygen atoms in total. The number of nitrogens with zero attached hydrogens (tertiary/aromatic N) is 1. The van der Waals surface area contributed by atoms with E-state index < -0.39 is 5.67 Å². The van der Waals surface area contributed by atoms with Crippen LogP contribution in [0.2, 0.25) is 0 Å². The molecule has 0 aromatic heterocycles. The first-order chi connectivity index (χ1) is 8.04. The number of likely N-dealkylation sites (tertiary alicyclic amines) is 1. The molecule has 0 bridgehead atoms. The SMILES string of the molecule is CN1CCC(C(C)(F)c2ccc(C=O)cc2)C1. The number of rotatable bonds is 3. The Morgan fingerprint density at radius 3 is 2.53 bits per heavy atom. The van der Waals surface area contributed by atoms with Gasteiger partial charge in [-0.05, 0) is 32.5 Å². The molecule has 1 aromatic carbocycles. The Bertz CT molecular complexity index is 399. The van der Waals surface area contributed by atoms with Crippen molar-refractivity contribution in [3.8, 4) is 0 Å². The number of hydrogen-bond donors (Lipinski definition) is 0. The van der Waals surface area contributed by atoms with Crippen LogP contribution in [0.5, 0.6) is 0 Å². The topological polar surface area (TPSA) is 20.3 Å². The fourth-order valence-corrected chi connectivity index (χ4v) is 2.50. The van der Waals surface area contributed by atoms with Gasteiger partial charge in [0.1, 0.15) is 12.0 Å². The zero-order valence-electron chi connectivity index (χ0n) is 10.3. The van der Waals surface area contributed by atoms with Gasteiger partial charge in [0.25, 0.3) is 0 Å². The number of carbonyl (C=O) groups excluding carboxylic acids is 1. The van der Waals surface area contributed by atoms with Gasteiger partial charge in [0.05, 0.1) is 0 Å². The van der Waals surface area contributed by atoms with Gasteiger partial charge in [0, 0.05) is 18.0 Å². The maximum atomic E-state index is 14.8. The third-order valence-corrected chi connectivity index (χ3v) is 3.77. The second-order valence-electron chi connectivity index (χ2n) is 5.06. The van der Waals surface area contributed by atoms with Crippen LogP contribution in [-0.2, 0) is 5.67 Å². The molecule has 0 N–H and O–H groups in total. The van der Waals surface area contributed by atoms with E-state index >= 15 is 0 Å². The zero-order chi connectivity index (χ0) is 12.5. The number of halogens is 1. The van der Waals surface area contributed by atoms with Crippen LogP contribution in [0.3, 0.4) is 0 Å². The van der Waals surface area contributed by atoms with Crippen LogP contribution in [0.4, 0.5) is 4.39 Å². The summed E-state index contributed by atoms with van der Waals surface area (Å²) in [6.07, 6.45) is 1.67. The van der Waals surface area contributed by atoms with E-state index in [4.69, 9.17) is 0 Å². The molecule has 0 saturated carbocycles. The molecule has 0 amide bonds. The Labute approximate surface area is 101 Å². The third-order valence-electron chi connectivity index (χ3n) is 3.77. The molecular formula is C14H18FNO. The van der Waals surface area contributed by atoms with Gasteiger partial charge < -0.3 is 4.90 Å². The minimum atomic E-state index is -1.31. The first-order valence-corrected chi connectivity index (χ1v) is 5.97. The second kappa shape index (κ2) is 4.57. The Balaban J connectivity index is 2.21. The van der Waals surface area contributed by atoms with Crippen molar-refractivity contribution in [2.75, 3.05) is 20.1 Å². The van der Waals surface area contributed by atoms with E-state index in [1.54, 1.807) is 31.2 Å². The van der Waals surface area contributed by atoms with E-state index in [1.165, 1.54) is 0 Å². The minimum absolute atomic E-state index is 0.0366. The van der Waals surface area contributed by atoms with E-state index in [-0.39, 0.29) is 5.92 Å². The predicted molar refractivity (Wildman–Crippen MR) is 65.9 cm³/mol. The van der Waals surface area contributed by atoms with Crippen molar-refractivity contribution in [1.82, 2.24) is 4.90 Å². The summed E-state index contributed by atoms with van der Waals surface area (Å²) in [7, 11) is 2.02. The van der Waals surface area contributed by atoms with E-state index in [0.29, 0.717) is 11.1 Å². The monoisotopic (exact) mass is 235 g/mol. The van der Waals surface area contributed by atoms with Crippen molar-refractivity contribution in [2.45, 2.75) is 19.0 Å². The van der Waals surface area contributed by atoms with Gasteiger partial charge in [-0.2, -0.15) is 0 Å². The highest BCUT2D eigenvalue weighted by molar-refractivity contribution is 5.74. The number of hydrogen-bond acceptors (Lipinski definition) is 2. The quantitative estimate of drug-likeness (QED) is 0.751. The predicted octanol–water partition coefficient (Wildman–Crippen LogP) is 2.64. The van der Waals surface area contributed by atoms with Crippen molar-refractivity contribution in [3.05, 3.63) is 35.4 Å². The average Bonchev–Trinajstić information content (AvgIpc) is 2.77. The molecule has 92 valence electrons. The molecule has 0 aliphatic carbocycles. The molecule has 2 atom stereocenters. The summed E-state index contributed by atoms with van der Waals surface area (Å²) < 4.78 is 14.8. The lowest BCUT2D eigenvalue weighted by Gasteiger charge is -2.27. The molecule has 2 unspecified atom stereocenters. The largest absolute Gasteiger partial charge is 0.306 e. The summed E-state index contributed by atoms with van der Waals surface area (Å²) in [6.45, 7) is 3.39. The van der Waals surface area contributed by atoms with Gasteiger partial charge in [-0.1, -0.05) is 24.3 Å². The Kier molecular flexibility index (Phi) is 3.29. The van der Waals surface area contributed by atoms with Crippen LogP contribution in [0, 0.1) is 5.92 Å². The van der Waals surface area contributed by atoms with Crippen LogP contribution < -0.4 is 0 Å². The fraction of sp³-hybridized carbons (Fsp3) is 0.500. The van der Waals surface area contributed by atoms with E-state index in [2.05, 4.69) is 4.90 Å². The molecule has 0 spiro atoms. The number of benzene rings is 1. The summed E-state index contributed by atoms with van der Waals surface area (Å²) in [4.78, 5) is 12.7. The maximum absolute atomic E-state index is 14.8. The van der Waals surface area contributed by atoms with Crippen LogP contribution in [0.1, 0.15) is 29.3 Å². The molecular weight excluding hydrogens is 217 g/mol. The van der Waals surface area contributed by atoms with Gasteiger partial charge in [-0.3, -0.25) is 4.79 Å². The average molecular weight is 235 g/mol. The lowest BCUT2D eigenvalue weighted by Crippen LogP contribution is -2.29. The summed E-state index contributed by atoms with van der Waals surface area (Å²) in [5, 5.41) is 0. The lowest BCUT2D eigenvalue weighted by atomic mass is 9.83. The molecule has 1 heterocycles. The van der Waals surface area contributed by atoms with Crippen molar-refractivity contribution >= 4 is 6.29 Å². The molecule has 1 aliphatic heterocycles. The first kappa shape index (κ1) is 12.2. The lowest BCUT2D eigenvalue weighted by molar-refractivity contribution is 0.105. The van der Waals surface area contributed by atoms with E-state index in [1.807, 2.05) is 7.05 Å². The highest BCUT2D eigenvalue weighted by atomic mass is 19.1. The zero-order valence-corrected chi connectivity index (χ0v) is 10.3. The highest BCUT2D eigenvalue weighted by Gasteiger charge is 2.39. The van der Waals surface area contributed by atoms with Gasteiger partial charge in [-0.25, -0.2) is 4.39 Å². The van der Waals surface area contributed by atoms with Crippen molar-refractivity contribution < 1.29 is 9.18 Å². The standard InChI is InChI=1S/C14H18FNO/c1-14(15,13-7-8-16(2)9-13)12-5-3-11(10-17)4-6-12/h3-6,10,13H,7-9H2,1-2H3. The second-order valence-corrected chi connectivity index (χ2v) is 5.06. The van der Waals surface area contributed by atoms with Gasteiger partial charge >= 0.3 is 0 Å². The first-order valence-electron chi connectivity index (χ1n) is 5.97. The summed E-state index contributed by atoms with van der Waals surface area (Å²) in [6, 6.07) is 6.81. The van der Waals surface area contributed by atoms with E-state index in [0.717, 1.165) is 25.8 Å². The van der Waals surface area contributed by atoms with Crippen molar-refractivity contribution in [1.29, 1.82) is 0 Å². The minimum Gasteiger partial charge on any atom is -0.306 e. The molecule has 1 saturated heterocycles. The number of aldehydes is 1. The van der Waals surface area contributed by atoms with Crippen molar-refractivity contribution in [2.24, 2.45) is 5.92 Å². The summed E-state index contributed by atoms with van der Waals surface area (Å²) >= 11 is 0. The van der Waals surface area contributed by atoms with Crippen LogP contribution in [0.25, 0.3) is 0 Å². The molecule has 2 rings (SSSR count). The Morgan fingerprint density at radius 2 is 2.06 bits per heavy atom. The van der Waals surface area contributed by atoms with E-state index in [9.17, 15) is 9.18 Å². The number of alkyl halides is 1. The molecule has 17 heavy (non-hydrogen) atoms. The fourth-order valence-electron chi connectivity index (χ4n) is 2.50. The number of carbonyl (C=O) groups is 1. The molecule has 1 fully saturated rings. The Hall–Kier alpha value is -1.22. The van der Waals surface area contributed by atoms with Gasteiger partial charge in [0.15, 0.2) is 0 Å². The molecule has 0 radical (unpaired) electrons. The normalized spacial score (nSPS) is 24.5. The smallest absolute Gasteiger partial charge is 0.150 e. The maximum Gasteiger partial charge on any atom is 0.150 e. The summed E-state index contributed by atoms with van der Waals surface area (Å²) in [5.74, 6) is 0.0366. The van der Waals surface area contributed by atoms with Crippen molar-refractivity contribution in [3.63, 3.8) is 0 Å². The van der Waals surface area contributed by atoms with Gasteiger partial charge in [-0.15, -0.1) is 0 Å². The summed E-state index contributed by atoms with van der Waals surface area (Å²) in [5.41, 5.74) is -0.0527.